The van der Waals surface area contributed by atoms with Crippen LogP contribution >= 0.6 is 0 Å². The maximum atomic E-state index is 5.60. The quantitative estimate of drug-likeness (QED) is 0.915. The van der Waals surface area contributed by atoms with Crippen molar-refractivity contribution in [1.29, 1.82) is 0 Å². The third-order valence-electron chi connectivity index (χ3n) is 3.34. The van der Waals surface area contributed by atoms with Gasteiger partial charge in [0.05, 0.1) is 6.61 Å². The van der Waals surface area contributed by atoms with Crippen molar-refractivity contribution in [2.24, 2.45) is 0 Å². The highest BCUT2D eigenvalue weighted by Gasteiger charge is 2.11. The molecule has 0 amide bonds. The summed E-state index contributed by atoms with van der Waals surface area (Å²) >= 11 is 0. The van der Waals surface area contributed by atoms with Gasteiger partial charge in [-0.05, 0) is 35.4 Å². The molecular formula is C17H19NO3. The molecule has 0 spiro atoms. The zero-order valence-electron chi connectivity index (χ0n) is 12.1. The Kier molecular flexibility index (Phi) is 4.26. The lowest BCUT2D eigenvalue weighted by atomic mass is 10.1. The molecule has 2 aromatic carbocycles. The smallest absolute Gasteiger partial charge is 0.161 e. The monoisotopic (exact) mass is 285 g/mol. The van der Waals surface area contributed by atoms with Gasteiger partial charge in [-0.25, -0.2) is 0 Å². The summed E-state index contributed by atoms with van der Waals surface area (Å²) in [4.78, 5) is 0. The molecule has 0 unspecified atom stereocenters. The van der Waals surface area contributed by atoms with Gasteiger partial charge in [0.2, 0.25) is 0 Å². The molecule has 1 heterocycles. The first-order valence-electron chi connectivity index (χ1n) is 7.05. The van der Waals surface area contributed by atoms with Gasteiger partial charge in [-0.2, -0.15) is 0 Å². The first-order valence-corrected chi connectivity index (χ1v) is 7.05. The number of hydrogen-bond donors (Lipinski definition) is 1. The minimum atomic E-state index is 0.614. The van der Waals surface area contributed by atoms with Crippen molar-refractivity contribution in [1.82, 2.24) is 0 Å². The number of rotatable bonds is 5. The molecule has 0 aromatic heterocycles. The topological polar surface area (TPSA) is 39.7 Å². The van der Waals surface area contributed by atoms with E-state index in [1.807, 2.05) is 18.2 Å². The second kappa shape index (κ2) is 6.50. The lowest BCUT2D eigenvalue weighted by Gasteiger charge is -2.19. The van der Waals surface area contributed by atoms with Crippen LogP contribution in [0.3, 0.4) is 0 Å². The highest BCUT2D eigenvalue weighted by atomic mass is 16.6. The van der Waals surface area contributed by atoms with Crippen molar-refractivity contribution in [2.75, 3.05) is 25.6 Å². The summed E-state index contributed by atoms with van der Waals surface area (Å²) in [6.45, 7) is 2.60. The largest absolute Gasteiger partial charge is 0.486 e. The van der Waals surface area contributed by atoms with Gasteiger partial charge >= 0.3 is 0 Å². The Hall–Kier alpha value is -2.20. The van der Waals surface area contributed by atoms with Gasteiger partial charge in [0.15, 0.2) is 11.5 Å². The van der Waals surface area contributed by atoms with Gasteiger partial charge in [-0.15, -0.1) is 0 Å². The lowest BCUT2D eigenvalue weighted by molar-refractivity contribution is 0.171. The number of ether oxygens (including phenoxy) is 3. The number of benzene rings is 2. The summed E-state index contributed by atoms with van der Waals surface area (Å²) in [5.74, 6) is 1.65. The number of hydrogen-bond acceptors (Lipinski definition) is 4. The van der Waals surface area contributed by atoms with E-state index in [1.54, 1.807) is 7.11 Å². The molecule has 0 fully saturated rings. The molecule has 3 rings (SSSR count). The van der Waals surface area contributed by atoms with Gasteiger partial charge in [-0.3, -0.25) is 0 Å². The van der Waals surface area contributed by atoms with Crippen molar-refractivity contribution in [3.63, 3.8) is 0 Å². The Labute approximate surface area is 124 Å². The summed E-state index contributed by atoms with van der Waals surface area (Å²) in [6.07, 6.45) is 0. The second-order valence-corrected chi connectivity index (χ2v) is 4.96. The summed E-state index contributed by atoms with van der Waals surface area (Å²) in [6, 6.07) is 14.3. The van der Waals surface area contributed by atoms with Crippen molar-refractivity contribution in [3.05, 3.63) is 53.6 Å². The molecule has 1 aliphatic rings. The number of nitrogens with one attached hydrogen (secondary N) is 1. The Morgan fingerprint density at radius 1 is 1.00 bits per heavy atom. The predicted octanol–water partition coefficient (Wildman–Crippen LogP) is 3.22. The van der Waals surface area contributed by atoms with Gasteiger partial charge in [0, 0.05) is 19.3 Å². The van der Waals surface area contributed by atoms with Crippen LogP contribution in [0.2, 0.25) is 0 Å². The highest BCUT2D eigenvalue weighted by molar-refractivity contribution is 5.48. The standard InChI is InChI=1S/C17H19NO3/c1-19-12-14-3-2-4-15(9-14)18-11-13-5-6-16-17(10-13)21-8-7-20-16/h2-6,9-10,18H,7-8,11-12H2,1H3. The maximum absolute atomic E-state index is 5.60. The zero-order chi connectivity index (χ0) is 14.5. The average Bonchev–Trinajstić information content (AvgIpc) is 2.53. The molecule has 2 aromatic rings. The van der Waals surface area contributed by atoms with Crippen LogP contribution in [-0.2, 0) is 17.9 Å². The van der Waals surface area contributed by atoms with E-state index >= 15 is 0 Å². The molecule has 4 nitrogen and oxygen atoms in total. The van der Waals surface area contributed by atoms with E-state index < -0.39 is 0 Å². The van der Waals surface area contributed by atoms with Crippen molar-refractivity contribution in [3.8, 4) is 11.5 Å². The molecule has 0 saturated heterocycles. The maximum Gasteiger partial charge on any atom is 0.161 e. The van der Waals surface area contributed by atoms with Crippen LogP contribution in [0.1, 0.15) is 11.1 Å². The zero-order valence-corrected chi connectivity index (χ0v) is 12.1. The molecule has 0 bridgehead atoms. The van der Waals surface area contributed by atoms with Crippen LogP contribution in [0, 0.1) is 0 Å². The number of methoxy groups -OCH3 is 1. The fraction of sp³-hybridized carbons (Fsp3) is 0.294. The molecule has 1 aliphatic heterocycles. The number of fused-ring (bicyclic) bond motifs is 1. The Balaban J connectivity index is 1.66. The van der Waals surface area contributed by atoms with E-state index in [-0.39, 0.29) is 0 Å². The van der Waals surface area contributed by atoms with E-state index in [2.05, 4.69) is 29.6 Å². The molecule has 1 N–H and O–H groups in total. The van der Waals surface area contributed by atoms with Gasteiger partial charge < -0.3 is 19.5 Å². The minimum Gasteiger partial charge on any atom is -0.486 e. The Bertz CT molecular complexity index is 613. The SMILES string of the molecule is COCc1cccc(NCc2ccc3c(c2)OCCO3)c1. The third-order valence-corrected chi connectivity index (χ3v) is 3.34. The third kappa shape index (κ3) is 3.47. The van der Waals surface area contributed by atoms with E-state index in [4.69, 9.17) is 14.2 Å². The molecule has 110 valence electrons. The van der Waals surface area contributed by atoms with Crippen molar-refractivity contribution < 1.29 is 14.2 Å². The Morgan fingerprint density at radius 3 is 2.71 bits per heavy atom. The van der Waals surface area contributed by atoms with E-state index in [0.717, 1.165) is 34.9 Å². The van der Waals surface area contributed by atoms with Crippen molar-refractivity contribution >= 4 is 5.69 Å². The van der Waals surface area contributed by atoms with Crippen LogP contribution in [0.4, 0.5) is 5.69 Å². The average molecular weight is 285 g/mol. The first kappa shape index (κ1) is 13.8. The first-order chi connectivity index (χ1) is 10.3. The van der Waals surface area contributed by atoms with Crippen molar-refractivity contribution in [2.45, 2.75) is 13.2 Å². The molecule has 0 atom stereocenters. The normalized spacial score (nSPS) is 13.0. The van der Waals surface area contributed by atoms with E-state index in [0.29, 0.717) is 19.8 Å². The van der Waals surface area contributed by atoms with Crippen LogP contribution in [-0.4, -0.2) is 20.3 Å². The summed E-state index contributed by atoms with van der Waals surface area (Å²) < 4.78 is 16.3. The van der Waals surface area contributed by atoms with Gasteiger partial charge in [-0.1, -0.05) is 18.2 Å². The number of anilines is 1. The van der Waals surface area contributed by atoms with Crippen LogP contribution < -0.4 is 14.8 Å². The Morgan fingerprint density at radius 2 is 1.86 bits per heavy atom. The second-order valence-electron chi connectivity index (χ2n) is 4.96. The van der Waals surface area contributed by atoms with Crippen LogP contribution in [0.25, 0.3) is 0 Å². The fourth-order valence-electron chi connectivity index (χ4n) is 2.34. The molecule has 4 heteroatoms. The van der Waals surface area contributed by atoms with E-state index in [1.165, 1.54) is 0 Å². The lowest BCUT2D eigenvalue weighted by Crippen LogP contribution is -2.15. The van der Waals surface area contributed by atoms with Gasteiger partial charge in [0.1, 0.15) is 13.2 Å². The van der Waals surface area contributed by atoms with E-state index in [9.17, 15) is 0 Å². The summed E-state index contributed by atoms with van der Waals surface area (Å²) in [7, 11) is 1.70. The summed E-state index contributed by atoms with van der Waals surface area (Å²) in [5, 5.41) is 3.41. The summed E-state index contributed by atoms with van der Waals surface area (Å²) in [5.41, 5.74) is 3.40. The molecular weight excluding hydrogens is 266 g/mol. The van der Waals surface area contributed by atoms with Gasteiger partial charge in [0.25, 0.3) is 0 Å². The minimum absolute atomic E-state index is 0.614. The molecule has 0 radical (unpaired) electrons. The highest BCUT2D eigenvalue weighted by Crippen LogP contribution is 2.30. The molecule has 21 heavy (non-hydrogen) atoms. The van der Waals surface area contributed by atoms with Crippen LogP contribution in [0.15, 0.2) is 42.5 Å². The fourth-order valence-corrected chi connectivity index (χ4v) is 2.34. The molecule has 0 saturated carbocycles. The predicted molar refractivity (Wildman–Crippen MR) is 81.9 cm³/mol. The van der Waals surface area contributed by atoms with Crippen LogP contribution in [0.5, 0.6) is 11.5 Å². The molecule has 0 aliphatic carbocycles.